The van der Waals surface area contributed by atoms with Gasteiger partial charge in [0.05, 0.1) is 13.1 Å². The van der Waals surface area contributed by atoms with E-state index in [4.69, 9.17) is 4.74 Å². The highest BCUT2D eigenvalue weighted by Crippen LogP contribution is 2.14. The molecule has 100 valence electrons. The van der Waals surface area contributed by atoms with Crippen LogP contribution in [0.15, 0.2) is 24.3 Å². The third kappa shape index (κ3) is 5.19. The maximum atomic E-state index is 11.3. The van der Waals surface area contributed by atoms with Crippen LogP contribution in [0.2, 0.25) is 0 Å². The Morgan fingerprint density at radius 1 is 1.44 bits per heavy atom. The SMILES string of the molecule is CCC(CNC(=O)CNC)Oc1cccc(C)c1. The fourth-order valence-electron chi connectivity index (χ4n) is 1.60. The number of ether oxygens (including phenoxy) is 1. The summed E-state index contributed by atoms with van der Waals surface area (Å²) in [6, 6.07) is 7.93. The molecule has 0 aliphatic carbocycles. The predicted molar refractivity (Wildman–Crippen MR) is 72.8 cm³/mol. The third-order valence-electron chi connectivity index (χ3n) is 2.61. The lowest BCUT2D eigenvalue weighted by Gasteiger charge is -2.18. The van der Waals surface area contributed by atoms with E-state index in [1.807, 2.05) is 38.1 Å². The number of likely N-dealkylation sites (N-methyl/N-ethyl adjacent to an activating group) is 1. The molecule has 1 unspecified atom stereocenters. The first kappa shape index (κ1) is 14.5. The van der Waals surface area contributed by atoms with Gasteiger partial charge in [-0.15, -0.1) is 0 Å². The van der Waals surface area contributed by atoms with Gasteiger partial charge < -0.3 is 15.4 Å². The molecule has 0 radical (unpaired) electrons. The van der Waals surface area contributed by atoms with Gasteiger partial charge >= 0.3 is 0 Å². The van der Waals surface area contributed by atoms with Crippen molar-refractivity contribution in [1.82, 2.24) is 10.6 Å². The van der Waals surface area contributed by atoms with Gasteiger partial charge in [0.2, 0.25) is 5.91 Å². The lowest BCUT2D eigenvalue weighted by molar-refractivity contribution is -0.120. The van der Waals surface area contributed by atoms with Crippen LogP contribution in [-0.4, -0.2) is 32.1 Å². The smallest absolute Gasteiger partial charge is 0.234 e. The first-order valence-corrected chi connectivity index (χ1v) is 6.30. The Morgan fingerprint density at radius 2 is 2.22 bits per heavy atom. The standard InChI is InChI=1S/C14H22N2O2/c1-4-12(9-16-14(17)10-15-3)18-13-7-5-6-11(2)8-13/h5-8,12,15H,4,9-10H2,1-3H3,(H,16,17). The maximum absolute atomic E-state index is 11.3. The number of nitrogens with one attached hydrogen (secondary N) is 2. The predicted octanol–water partition coefficient (Wildman–Crippen LogP) is 1.49. The number of aryl methyl sites for hydroxylation is 1. The first-order chi connectivity index (χ1) is 8.65. The van der Waals surface area contributed by atoms with E-state index < -0.39 is 0 Å². The molecule has 1 aromatic carbocycles. The molecule has 0 fully saturated rings. The largest absolute Gasteiger partial charge is 0.489 e. The number of rotatable bonds is 7. The molecule has 2 N–H and O–H groups in total. The zero-order valence-corrected chi connectivity index (χ0v) is 11.3. The van der Waals surface area contributed by atoms with Crippen molar-refractivity contribution in [3.8, 4) is 5.75 Å². The molecule has 4 nitrogen and oxygen atoms in total. The molecule has 1 atom stereocenters. The van der Waals surface area contributed by atoms with E-state index in [1.54, 1.807) is 7.05 Å². The van der Waals surface area contributed by atoms with Crippen LogP contribution in [-0.2, 0) is 4.79 Å². The van der Waals surface area contributed by atoms with Crippen molar-refractivity contribution < 1.29 is 9.53 Å². The number of hydrogen-bond donors (Lipinski definition) is 2. The Morgan fingerprint density at radius 3 is 2.83 bits per heavy atom. The highest BCUT2D eigenvalue weighted by Gasteiger charge is 2.09. The van der Waals surface area contributed by atoms with E-state index in [1.165, 1.54) is 5.56 Å². The average Bonchev–Trinajstić information content (AvgIpc) is 2.35. The number of hydrogen-bond acceptors (Lipinski definition) is 3. The summed E-state index contributed by atoms with van der Waals surface area (Å²) in [6.45, 7) is 4.94. The molecule has 0 heterocycles. The fourth-order valence-corrected chi connectivity index (χ4v) is 1.60. The van der Waals surface area contributed by atoms with Gasteiger partial charge in [0.25, 0.3) is 0 Å². The number of benzene rings is 1. The molecule has 0 saturated carbocycles. The van der Waals surface area contributed by atoms with Crippen molar-refractivity contribution in [3.05, 3.63) is 29.8 Å². The van der Waals surface area contributed by atoms with E-state index in [2.05, 4.69) is 10.6 Å². The van der Waals surface area contributed by atoms with Crippen LogP contribution in [0.3, 0.4) is 0 Å². The topological polar surface area (TPSA) is 50.4 Å². The molecule has 4 heteroatoms. The summed E-state index contributed by atoms with van der Waals surface area (Å²) in [6.07, 6.45) is 0.862. The minimum absolute atomic E-state index is 0.00704. The summed E-state index contributed by atoms with van der Waals surface area (Å²) in [5, 5.41) is 5.66. The second kappa shape index (κ2) is 7.71. The number of carbonyl (C=O) groups excluding carboxylic acids is 1. The maximum Gasteiger partial charge on any atom is 0.234 e. The molecular formula is C14H22N2O2. The van der Waals surface area contributed by atoms with Crippen LogP contribution in [0.25, 0.3) is 0 Å². The van der Waals surface area contributed by atoms with Gasteiger partial charge in [0.15, 0.2) is 0 Å². The van der Waals surface area contributed by atoms with Gasteiger partial charge in [-0.2, -0.15) is 0 Å². The lowest BCUT2D eigenvalue weighted by Crippen LogP contribution is -2.38. The van der Waals surface area contributed by atoms with Gasteiger partial charge in [-0.25, -0.2) is 0 Å². The molecular weight excluding hydrogens is 228 g/mol. The van der Waals surface area contributed by atoms with Crippen molar-refractivity contribution >= 4 is 5.91 Å². The molecule has 18 heavy (non-hydrogen) atoms. The van der Waals surface area contributed by atoms with Crippen molar-refractivity contribution in [2.24, 2.45) is 0 Å². The molecule has 0 saturated heterocycles. The minimum atomic E-state index is -0.0104. The normalized spacial score (nSPS) is 11.9. The van der Waals surface area contributed by atoms with E-state index in [0.29, 0.717) is 13.1 Å². The van der Waals surface area contributed by atoms with Gasteiger partial charge in [-0.3, -0.25) is 4.79 Å². The van der Waals surface area contributed by atoms with Crippen molar-refractivity contribution in [2.45, 2.75) is 26.4 Å². The Bertz CT molecular complexity index is 380. The fraction of sp³-hybridized carbons (Fsp3) is 0.500. The molecule has 0 bridgehead atoms. The second-order valence-electron chi connectivity index (χ2n) is 4.30. The van der Waals surface area contributed by atoms with Crippen LogP contribution in [0, 0.1) is 6.92 Å². The number of amides is 1. The molecule has 0 aliphatic rings. The van der Waals surface area contributed by atoms with Crippen molar-refractivity contribution in [1.29, 1.82) is 0 Å². The molecule has 0 aromatic heterocycles. The Kier molecular flexibility index (Phi) is 6.22. The van der Waals surface area contributed by atoms with Gasteiger partial charge in [0, 0.05) is 0 Å². The van der Waals surface area contributed by atoms with E-state index >= 15 is 0 Å². The molecule has 0 aliphatic heterocycles. The average molecular weight is 250 g/mol. The Balaban J connectivity index is 2.44. The second-order valence-corrected chi connectivity index (χ2v) is 4.30. The Hall–Kier alpha value is -1.55. The van der Waals surface area contributed by atoms with Gasteiger partial charge in [0.1, 0.15) is 11.9 Å². The zero-order chi connectivity index (χ0) is 13.4. The lowest BCUT2D eigenvalue weighted by atomic mass is 10.2. The minimum Gasteiger partial charge on any atom is -0.489 e. The van der Waals surface area contributed by atoms with E-state index in [-0.39, 0.29) is 12.0 Å². The van der Waals surface area contributed by atoms with Crippen molar-refractivity contribution in [2.75, 3.05) is 20.1 Å². The van der Waals surface area contributed by atoms with Crippen LogP contribution in [0.1, 0.15) is 18.9 Å². The zero-order valence-electron chi connectivity index (χ0n) is 11.3. The highest BCUT2D eigenvalue weighted by molar-refractivity contribution is 5.77. The van der Waals surface area contributed by atoms with Gasteiger partial charge in [-0.05, 0) is 38.1 Å². The van der Waals surface area contributed by atoms with Gasteiger partial charge in [-0.1, -0.05) is 19.1 Å². The molecule has 1 rings (SSSR count). The van der Waals surface area contributed by atoms with Crippen molar-refractivity contribution in [3.63, 3.8) is 0 Å². The summed E-state index contributed by atoms with van der Waals surface area (Å²) in [5.74, 6) is 0.841. The van der Waals surface area contributed by atoms with Crippen LogP contribution < -0.4 is 15.4 Å². The summed E-state index contributed by atoms with van der Waals surface area (Å²) >= 11 is 0. The third-order valence-corrected chi connectivity index (χ3v) is 2.61. The molecule has 1 aromatic rings. The summed E-state index contributed by atoms with van der Waals surface area (Å²) < 4.78 is 5.84. The Labute approximate surface area is 109 Å². The molecule has 1 amide bonds. The first-order valence-electron chi connectivity index (χ1n) is 6.30. The quantitative estimate of drug-likeness (QED) is 0.771. The monoisotopic (exact) mass is 250 g/mol. The van der Waals surface area contributed by atoms with Crippen LogP contribution >= 0.6 is 0 Å². The van der Waals surface area contributed by atoms with E-state index in [0.717, 1.165) is 12.2 Å². The molecule has 0 spiro atoms. The summed E-state index contributed by atoms with van der Waals surface area (Å²) in [4.78, 5) is 11.3. The summed E-state index contributed by atoms with van der Waals surface area (Å²) in [5.41, 5.74) is 1.17. The van der Waals surface area contributed by atoms with E-state index in [9.17, 15) is 4.79 Å². The van der Waals surface area contributed by atoms with Crippen LogP contribution in [0.4, 0.5) is 0 Å². The number of carbonyl (C=O) groups is 1. The summed E-state index contributed by atoms with van der Waals surface area (Å²) in [7, 11) is 1.75. The van der Waals surface area contributed by atoms with Crippen LogP contribution in [0.5, 0.6) is 5.75 Å². The highest BCUT2D eigenvalue weighted by atomic mass is 16.5.